The molecule has 0 radical (unpaired) electrons. The van der Waals surface area contributed by atoms with E-state index in [-0.39, 0.29) is 11.5 Å². The van der Waals surface area contributed by atoms with Crippen molar-refractivity contribution < 1.29 is 9.47 Å². The van der Waals surface area contributed by atoms with Crippen LogP contribution in [0.25, 0.3) is 10.4 Å². The Hall–Kier alpha value is -0.770. The van der Waals surface area contributed by atoms with Crippen LogP contribution in [0.15, 0.2) is 5.11 Å². The first kappa shape index (κ1) is 8.81. The molecule has 0 amide bonds. The Bertz CT molecular complexity index is 226. The van der Waals surface area contributed by atoms with Gasteiger partial charge in [-0.25, -0.2) is 0 Å². The SMILES string of the molecule is [N-]=[N+]=NCC1OCCC12CCOC2. The van der Waals surface area contributed by atoms with Gasteiger partial charge in [0.05, 0.1) is 19.3 Å². The van der Waals surface area contributed by atoms with Gasteiger partial charge in [-0.05, 0) is 18.4 Å². The number of rotatable bonds is 2. The standard InChI is InChI=1S/C8H13N3O2/c9-11-10-5-7-8(2-4-13-7)1-3-12-6-8/h7H,1-6H2. The van der Waals surface area contributed by atoms with Crippen molar-refractivity contribution in [1.29, 1.82) is 0 Å². The molecule has 13 heavy (non-hydrogen) atoms. The van der Waals surface area contributed by atoms with E-state index in [4.69, 9.17) is 15.0 Å². The van der Waals surface area contributed by atoms with E-state index in [1.165, 1.54) is 0 Å². The predicted octanol–water partition coefficient (Wildman–Crippen LogP) is 1.49. The summed E-state index contributed by atoms with van der Waals surface area (Å²) < 4.78 is 10.9. The van der Waals surface area contributed by atoms with Gasteiger partial charge in [-0.2, -0.15) is 0 Å². The molecule has 2 rings (SSSR count). The summed E-state index contributed by atoms with van der Waals surface area (Å²) in [4.78, 5) is 2.76. The molecule has 2 unspecified atom stereocenters. The molecule has 2 saturated heterocycles. The van der Waals surface area contributed by atoms with Crippen molar-refractivity contribution in [2.75, 3.05) is 26.4 Å². The molecule has 0 aliphatic carbocycles. The van der Waals surface area contributed by atoms with E-state index in [0.29, 0.717) is 6.54 Å². The Labute approximate surface area is 76.6 Å². The van der Waals surface area contributed by atoms with Crippen LogP contribution in [0.1, 0.15) is 12.8 Å². The quantitative estimate of drug-likeness (QED) is 0.370. The molecule has 0 aromatic carbocycles. The van der Waals surface area contributed by atoms with E-state index in [9.17, 15) is 0 Å². The Balaban J connectivity index is 2.04. The maximum Gasteiger partial charge on any atom is 0.0711 e. The van der Waals surface area contributed by atoms with Crippen molar-refractivity contribution in [2.45, 2.75) is 18.9 Å². The second-order valence-corrected chi connectivity index (χ2v) is 3.69. The second-order valence-electron chi connectivity index (χ2n) is 3.69. The third-order valence-electron chi connectivity index (χ3n) is 3.05. The first-order valence-corrected chi connectivity index (χ1v) is 4.58. The summed E-state index contributed by atoms with van der Waals surface area (Å²) >= 11 is 0. The minimum absolute atomic E-state index is 0.0749. The Morgan fingerprint density at radius 1 is 1.46 bits per heavy atom. The summed E-state index contributed by atoms with van der Waals surface area (Å²) in [6, 6.07) is 0. The first-order valence-electron chi connectivity index (χ1n) is 4.58. The van der Waals surface area contributed by atoms with Crippen molar-refractivity contribution >= 4 is 0 Å². The molecular formula is C8H13N3O2. The van der Waals surface area contributed by atoms with Gasteiger partial charge in [0.15, 0.2) is 0 Å². The molecule has 5 nitrogen and oxygen atoms in total. The number of nitrogens with zero attached hydrogens (tertiary/aromatic N) is 3. The smallest absolute Gasteiger partial charge is 0.0711 e. The van der Waals surface area contributed by atoms with Gasteiger partial charge in [0.2, 0.25) is 0 Å². The van der Waals surface area contributed by atoms with Crippen LogP contribution >= 0.6 is 0 Å². The van der Waals surface area contributed by atoms with Gasteiger partial charge >= 0.3 is 0 Å². The maximum absolute atomic E-state index is 8.23. The highest BCUT2D eigenvalue weighted by molar-refractivity contribution is 4.95. The fourth-order valence-corrected chi connectivity index (χ4v) is 2.17. The fourth-order valence-electron chi connectivity index (χ4n) is 2.17. The molecule has 2 fully saturated rings. The van der Waals surface area contributed by atoms with Crippen molar-refractivity contribution in [1.82, 2.24) is 0 Å². The molecule has 2 aliphatic rings. The van der Waals surface area contributed by atoms with E-state index in [1.807, 2.05) is 0 Å². The largest absolute Gasteiger partial charge is 0.381 e. The first-order chi connectivity index (χ1) is 6.37. The number of ether oxygens (including phenoxy) is 2. The molecule has 0 bridgehead atoms. The van der Waals surface area contributed by atoms with Crippen LogP contribution in [0.5, 0.6) is 0 Å². The van der Waals surface area contributed by atoms with E-state index in [1.54, 1.807) is 0 Å². The molecule has 2 aliphatic heterocycles. The van der Waals surface area contributed by atoms with Gasteiger partial charge in [-0.3, -0.25) is 0 Å². The van der Waals surface area contributed by atoms with Crippen LogP contribution in [0.2, 0.25) is 0 Å². The molecule has 0 N–H and O–H groups in total. The molecule has 2 heterocycles. The van der Waals surface area contributed by atoms with Crippen molar-refractivity contribution in [3.05, 3.63) is 10.4 Å². The lowest BCUT2D eigenvalue weighted by Gasteiger charge is -2.26. The monoisotopic (exact) mass is 183 g/mol. The summed E-state index contributed by atoms with van der Waals surface area (Å²) in [6.07, 6.45) is 2.16. The van der Waals surface area contributed by atoms with Crippen LogP contribution in [0, 0.1) is 5.41 Å². The average molecular weight is 183 g/mol. The Morgan fingerprint density at radius 2 is 2.31 bits per heavy atom. The van der Waals surface area contributed by atoms with Crippen LogP contribution in [-0.4, -0.2) is 32.5 Å². The third kappa shape index (κ3) is 1.50. The van der Waals surface area contributed by atoms with Crippen LogP contribution in [0.3, 0.4) is 0 Å². The van der Waals surface area contributed by atoms with E-state index in [0.717, 1.165) is 32.7 Å². The molecule has 5 heteroatoms. The van der Waals surface area contributed by atoms with Gasteiger partial charge < -0.3 is 9.47 Å². The lowest BCUT2D eigenvalue weighted by Crippen LogP contribution is -2.33. The van der Waals surface area contributed by atoms with Crippen molar-refractivity contribution in [3.8, 4) is 0 Å². The summed E-state index contributed by atoms with van der Waals surface area (Å²) in [6.45, 7) is 2.80. The normalized spacial score (nSPS) is 38.0. The van der Waals surface area contributed by atoms with Crippen LogP contribution in [-0.2, 0) is 9.47 Å². The molecule has 0 saturated carbocycles. The maximum atomic E-state index is 8.23. The second kappa shape index (κ2) is 3.54. The highest BCUT2D eigenvalue weighted by Gasteiger charge is 2.46. The van der Waals surface area contributed by atoms with Gasteiger partial charge in [0.25, 0.3) is 0 Å². The Morgan fingerprint density at radius 3 is 3.00 bits per heavy atom. The van der Waals surface area contributed by atoms with Crippen LogP contribution < -0.4 is 0 Å². The van der Waals surface area contributed by atoms with Gasteiger partial charge in [0.1, 0.15) is 0 Å². The summed E-state index contributed by atoms with van der Waals surface area (Å²) in [7, 11) is 0. The molecule has 0 aromatic rings. The number of hydrogen-bond donors (Lipinski definition) is 0. The highest BCUT2D eigenvalue weighted by Crippen LogP contribution is 2.42. The topological polar surface area (TPSA) is 67.2 Å². The fraction of sp³-hybridized carbons (Fsp3) is 1.00. The molecule has 2 atom stereocenters. The summed E-state index contributed by atoms with van der Waals surface area (Å²) in [5.74, 6) is 0. The minimum Gasteiger partial charge on any atom is -0.381 e. The van der Waals surface area contributed by atoms with E-state index >= 15 is 0 Å². The molecular weight excluding hydrogens is 170 g/mol. The number of hydrogen-bond acceptors (Lipinski definition) is 3. The van der Waals surface area contributed by atoms with Crippen molar-refractivity contribution in [3.63, 3.8) is 0 Å². The number of azide groups is 1. The van der Waals surface area contributed by atoms with Gasteiger partial charge in [-0.15, -0.1) is 0 Å². The zero-order valence-corrected chi connectivity index (χ0v) is 7.48. The summed E-state index contributed by atoms with van der Waals surface area (Å²) in [5, 5.41) is 3.57. The molecule has 0 aromatic heterocycles. The molecule has 1 spiro atoms. The van der Waals surface area contributed by atoms with Crippen molar-refractivity contribution in [2.24, 2.45) is 10.5 Å². The third-order valence-corrected chi connectivity index (χ3v) is 3.05. The summed E-state index contributed by atoms with van der Waals surface area (Å²) in [5.41, 5.74) is 8.38. The average Bonchev–Trinajstić information content (AvgIpc) is 2.75. The highest BCUT2D eigenvalue weighted by atomic mass is 16.5. The van der Waals surface area contributed by atoms with E-state index in [2.05, 4.69) is 10.0 Å². The van der Waals surface area contributed by atoms with Gasteiger partial charge in [-0.1, -0.05) is 5.11 Å². The minimum atomic E-state index is 0.0749. The van der Waals surface area contributed by atoms with E-state index < -0.39 is 0 Å². The molecule has 72 valence electrons. The zero-order chi connectivity index (χ0) is 9.15. The Kier molecular flexibility index (Phi) is 2.40. The lowest BCUT2D eigenvalue weighted by molar-refractivity contribution is 0.0466. The van der Waals surface area contributed by atoms with Crippen LogP contribution in [0.4, 0.5) is 0 Å². The lowest BCUT2D eigenvalue weighted by atomic mass is 9.80. The zero-order valence-electron chi connectivity index (χ0n) is 7.48. The predicted molar refractivity (Wildman–Crippen MR) is 46.2 cm³/mol. The van der Waals surface area contributed by atoms with Gasteiger partial charge in [0, 0.05) is 23.5 Å².